The van der Waals surface area contributed by atoms with Gasteiger partial charge in [0.05, 0.1) is 26.3 Å². The molecule has 10 nitrogen and oxygen atoms in total. The zero-order valence-corrected chi connectivity index (χ0v) is 19.7. The Morgan fingerprint density at radius 2 is 1.03 bits per heavy atom. The van der Waals surface area contributed by atoms with E-state index in [0.717, 1.165) is 11.1 Å². The molecule has 2 atom stereocenters. The summed E-state index contributed by atoms with van der Waals surface area (Å²) in [6, 6.07) is 13.1. The summed E-state index contributed by atoms with van der Waals surface area (Å²) in [5.41, 5.74) is 8.09. The van der Waals surface area contributed by atoms with E-state index in [9.17, 15) is 9.59 Å². The quantitative estimate of drug-likeness (QED) is 0.549. The molecule has 3 rings (SSSR count). The van der Waals surface area contributed by atoms with Gasteiger partial charge in [0, 0.05) is 24.3 Å². The van der Waals surface area contributed by atoms with Crippen LogP contribution >= 0.6 is 0 Å². The predicted molar refractivity (Wildman–Crippen MR) is 130 cm³/mol. The van der Waals surface area contributed by atoms with E-state index in [0.29, 0.717) is 35.8 Å². The van der Waals surface area contributed by atoms with E-state index in [2.05, 4.69) is 31.7 Å². The van der Waals surface area contributed by atoms with Crippen molar-refractivity contribution in [2.45, 2.75) is 38.8 Å². The minimum absolute atomic E-state index is 0.380. The Labute approximate surface area is 198 Å². The molecule has 0 spiro atoms. The number of hydrogen-bond donors (Lipinski definition) is 4. The van der Waals surface area contributed by atoms with Crippen molar-refractivity contribution in [2.75, 3.05) is 14.2 Å². The van der Waals surface area contributed by atoms with E-state index in [1.165, 1.54) is 0 Å². The fraction of sp³-hybridized carbons (Fsp3) is 0.333. The summed E-state index contributed by atoms with van der Waals surface area (Å²) in [7, 11) is 3.19. The monoisotopic (exact) mass is 466 g/mol. The number of hydrogen-bond acceptors (Lipinski definition) is 6. The molecule has 2 aromatic carbocycles. The van der Waals surface area contributed by atoms with Gasteiger partial charge in [0.25, 0.3) is 0 Å². The van der Waals surface area contributed by atoms with Crippen LogP contribution in [0.3, 0.4) is 0 Å². The van der Waals surface area contributed by atoms with Crippen LogP contribution in [-0.2, 0) is 0 Å². The molecule has 1 aliphatic rings. The van der Waals surface area contributed by atoms with Gasteiger partial charge in [0.15, 0.2) is 0 Å². The van der Waals surface area contributed by atoms with Gasteiger partial charge in [-0.15, -0.1) is 0 Å². The average molecular weight is 467 g/mol. The standard InChI is InChI=1S/C24H30N6O4/c1-15-13-21(17-5-9-19(33-3)10-6-17)25-24(32)30-28-16(2)14-22(26-23(31)29-27-15)18-7-11-20(34-4)12-8-18/h5-12,21-22H,13-14H2,1-4H3,(H2,26,29,31)(H2,25,30,32)/b27-15+,28-16+. The molecule has 0 aliphatic carbocycles. The lowest BCUT2D eigenvalue weighted by Crippen LogP contribution is -2.39. The molecule has 0 radical (unpaired) electrons. The molecule has 2 aromatic rings. The Bertz CT molecular complexity index is 965. The Hall–Kier alpha value is -4.08. The van der Waals surface area contributed by atoms with Crippen molar-refractivity contribution >= 4 is 23.5 Å². The summed E-state index contributed by atoms with van der Waals surface area (Å²) in [6.45, 7) is 3.57. The SMILES string of the molecule is COc1ccc(C2C/C(C)=N/NC(=O)NC(c3ccc(OC)cc3)C/C(C)=N/NC(=O)N2)cc1. The molecule has 0 saturated carbocycles. The van der Waals surface area contributed by atoms with E-state index in [-0.39, 0.29) is 12.1 Å². The van der Waals surface area contributed by atoms with Gasteiger partial charge in [-0.1, -0.05) is 24.3 Å². The zero-order valence-electron chi connectivity index (χ0n) is 19.7. The number of nitrogens with one attached hydrogen (secondary N) is 4. The fourth-order valence-corrected chi connectivity index (χ4v) is 3.53. The summed E-state index contributed by atoms with van der Waals surface area (Å²) in [5.74, 6) is 1.42. The molecular weight excluding hydrogens is 436 g/mol. The summed E-state index contributed by atoms with van der Waals surface area (Å²) >= 11 is 0. The maximum atomic E-state index is 12.6. The Morgan fingerprint density at radius 1 is 0.676 bits per heavy atom. The highest BCUT2D eigenvalue weighted by molar-refractivity contribution is 5.87. The molecule has 0 bridgehead atoms. The Balaban J connectivity index is 1.83. The van der Waals surface area contributed by atoms with Crippen molar-refractivity contribution in [3.8, 4) is 11.5 Å². The van der Waals surface area contributed by atoms with Gasteiger partial charge in [-0.2, -0.15) is 10.2 Å². The van der Waals surface area contributed by atoms with Gasteiger partial charge in [0.1, 0.15) is 11.5 Å². The number of carbonyl (C=O) groups excluding carboxylic acids is 2. The first-order valence-corrected chi connectivity index (χ1v) is 10.8. The second-order valence-corrected chi connectivity index (χ2v) is 7.92. The maximum Gasteiger partial charge on any atom is 0.335 e. The lowest BCUT2D eigenvalue weighted by Gasteiger charge is -2.21. The van der Waals surface area contributed by atoms with Gasteiger partial charge < -0.3 is 20.1 Å². The third-order valence-electron chi connectivity index (χ3n) is 5.34. The van der Waals surface area contributed by atoms with Crippen molar-refractivity contribution in [1.29, 1.82) is 0 Å². The number of rotatable bonds is 4. The van der Waals surface area contributed by atoms with Crippen LogP contribution in [0.2, 0.25) is 0 Å². The van der Waals surface area contributed by atoms with Crippen molar-refractivity contribution in [1.82, 2.24) is 21.5 Å². The lowest BCUT2D eigenvalue weighted by molar-refractivity contribution is 0.235. The number of benzene rings is 2. The van der Waals surface area contributed by atoms with Gasteiger partial charge in [-0.3, -0.25) is 0 Å². The van der Waals surface area contributed by atoms with Crippen LogP contribution in [0.15, 0.2) is 58.7 Å². The number of methoxy groups -OCH3 is 2. The number of urea groups is 2. The molecule has 180 valence electrons. The molecule has 0 aromatic heterocycles. The topological polar surface area (TPSA) is 125 Å². The molecule has 2 unspecified atom stereocenters. The van der Waals surface area contributed by atoms with Crippen LogP contribution in [0, 0.1) is 0 Å². The van der Waals surface area contributed by atoms with Crippen molar-refractivity contribution in [3.05, 3.63) is 59.7 Å². The average Bonchev–Trinajstić information content (AvgIpc) is 2.85. The minimum Gasteiger partial charge on any atom is -0.497 e. The summed E-state index contributed by atoms with van der Waals surface area (Å²) in [5, 5.41) is 14.3. The number of carbonyl (C=O) groups is 2. The smallest absolute Gasteiger partial charge is 0.335 e. The van der Waals surface area contributed by atoms with Crippen molar-refractivity contribution in [3.63, 3.8) is 0 Å². The highest BCUT2D eigenvalue weighted by Gasteiger charge is 2.19. The molecule has 0 saturated heterocycles. The van der Waals surface area contributed by atoms with Crippen LogP contribution < -0.4 is 31.0 Å². The molecule has 0 fully saturated rings. The number of hydrazone groups is 2. The Morgan fingerprint density at radius 3 is 1.35 bits per heavy atom. The van der Waals surface area contributed by atoms with Crippen molar-refractivity contribution < 1.29 is 19.1 Å². The van der Waals surface area contributed by atoms with E-state index in [1.54, 1.807) is 28.1 Å². The van der Waals surface area contributed by atoms with Crippen LogP contribution in [0.5, 0.6) is 11.5 Å². The first-order valence-electron chi connectivity index (χ1n) is 10.8. The van der Waals surface area contributed by atoms with Gasteiger partial charge in [-0.05, 0) is 49.2 Å². The molecule has 1 heterocycles. The predicted octanol–water partition coefficient (Wildman–Crippen LogP) is 3.63. The normalized spacial score (nSPS) is 22.8. The first kappa shape index (κ1) is 24.6. The zero-order chi connectivity index (χ0) is 24.5. The molecule has 34 heavy (non-hydrogen) atoms. The minimum atomic E-state index is -0.442. The number of amides is 4. The van der Waals surface area contributed by atoms with Crippen molar-refractivity contribution in [2.24, 2.45) is 10.2 Å². The molecular formula is C24H30N6O4. The lowest BCUT2D eigenvalue weighted by atomic mass is 10.0. The summed E-state index contributed by atoms with van der Waals surface area (Å²) in [6.07, 6.45) is 0.759. The number of nitrogens with zero attached hydrogens (tertiary/aromatic N) is 2. The third kappa shape index (κ3) is 6.96. The van der Waals surface area contributed by atoms with Crippen LogP contribution in [0.4, 0.5) is 9.59 Å². The molecule has 4 amide bonds. The third-order valence-corrected chi connectivity index (χ3v) is 5.34. The molecule has 4 N–H and O–H groups in total. The van der Waals surface area contributed by atoms with Gasteiger partial charge in [0.2, 0.25) is 0 Å². The molecule has 10 heteroatoms. The maximum absolute atomic E-state index is 12.6. The van der Waals surface area contributed by atoms with E-state index < -0.39 is 12.1 Å². The molecule has 1 aliphatic heterocycles. The fourth-order valence-electron chi connectivity index (χ4n) is 3.53. The van der Waals surface area contributed by atoms with E-state index in [1.807, 2.05) is 48.5 Å². The van der Waals surface area contributed by atoms with Gasteiger partial charge in [-0.25, -0.2) is 20.4 Å². The van der Waals surface area contributed by atoms with Gasteiger partial charge >= 0.3 is 12.1 Å². The Kier molecular flexibility index (Phi) is 8.44. The number of ether oxygens (including phenoxy) is 2. The second kappa shape index (κ2) is 11.7. The highest BCUT2D eigenvalue weighted by atomic mass is 16.5. The largest absolute Gasteiger partial charge is 0.497 e. The van der Waals surface area contributed by atoms with E-state index in [4.69, 9.17) is 9.47 Å². The van der Waals surface area contributed by atoms with E-state index >= 15 is 0 Å². The summed E-state index contributed by atoms with van der Waals surface area (Å²) < 4.78 is 10.4. The van der Waals surface area contributed by atoms with Crippen LogP contribution in [-0.4, -0.2) is 37.7 Å². The van der Waals surface area contributed by atoms with Crippen LogP contribution in [0.25, 0.3) is 0 Å². The van der Waals surface area contributed by atoms with Crippen LogP contribution in [0.1, 0.15) is 49.9 Å². The highest BCUT2D eigenvalue weighted by Crippen LogP contribution is 2.22. The second-order valence-electron chi connectivity index (χ2n) is 7.92. The first-order chi connectivity index (χ1) is 16.4. The summed E-state index contributed by atoms with van der Waals surface area (Å²) in [4.78, 5) is 25.2.